The first-order valence-corrected chi connectivity index (χ1v) is 8.31. The molecule has 1 saturated heterocycles. The van der Waals surface area contributed by atoms with Crippen LogP contribution in [0.3, 0.4) is 0 Å². The lowest BCUT2D eigenvalue weighted by Gasteiger charge is -2.31. The number of nitrogens with two attached hydrogens (primary N) is 1. The van der Waals surface area contributed by atoms with E-state index in [9.17, 15) is 4.79 Å². The molecular weight excluding hydrogens is 306 g/mol. The lowest BCUT2D eigenvalue weighted by molar-refractivity contribution is 0.176. The molecule has 0 bridgehead atoms. The van der Waals surface area contributed by atoms with Crippen LogP contribution < -0.4 is 11.4 Å². The van der Waals surface area contributed by atoms with Crippen LogP contribution in [0.1, 0.15) is 30.3 Å². The third-order valence-corrected chi connectivity index (χ3v) is 4.74. The number of benzene rings is 1. The number of hydrogen-bond donors (Lipinski definition) is 2. The van der Waals surface area contributed by atoms with Gasteiger partial charge in [-0.25, -0.2) is 4.79 Å². The molecule has 4 rings (SSSR count). The number of fused-ring (bicyclic) bond motifs is 1. The highest BCUT2D eigenvalue weighted by atomic mass is 16.5. The van der Waals surface area contributed by atoms with Gasteiger partial charge >= 0.3 is 5.69 Å². The Hall–Kier alpha value is -2.38. The fraction of sp³-hybridized carbons (Fsp3) is 0.412. The van der Waals surface area contributed by atoms with Gasteiger partial charge in [0, 0.05) is 31.7 Å². The van der Waals surface area contributed by atoms with Gasteiger partial charge in [0.15, 0.2) is 5.76 Å². The Labute approximate surface area is 139 Å². The third kappa shape index (κ3) is 2.76. The van der Waals surface area contributed by atoms with Crippen molar-refractivity contribution < 1.29 is 4.52 Å². The number of H-pyrrole nitrogens is 1. The van der Waals surface area contributed by atoms with Crippen LogP contribution in [-0.2, 0) is 13.1 Å². The highest BCUT2D eigenvalue weighted by Crippen LogP contribution is 2.25. The highest BCUT2D eigenvalue weighted by molar-refractivity contribution is 5.75. The van der Waals surface area contributed by atoms with E-state index in [0.717, 1.165) is 49.2 Å². The van der Waals surface area contributed by atoms with Gasteiger partial charge in [0.1, 0.15) is 0 Å². The van der Waals surface area contributed by atoms with E-state index < -0.39 is 0 Å². The van der Waals surface area contributed by atoms with Crippen molar-refractivity contribution in [3.05, 3.63) is 52.3 Å². The topological polar surface area (TPSA) is 93.1 Å². The van der Waals surface area contributed by atoms with Gasteiger partial charge in [0.05, 0.1) is 23.3 Å². The number of rotatable bonds is 4. The summed E-state index contributed by atoms with van der Waals surface area (Å²) in [6.07, 6.45) is 1.90. The third-order valence-electron chi connectivity index (χ3n) is 4.74. The molecule has 1 aliphatic rings. The van der Waals surface area contributed by atoms with Crippen molar-refractivity contribution in [1.82, 2.24) is 19.6 Å². The molecule has 7 nitrogen and oxygen atoms in total. The average molecular weight is 327 g/mol. The minimum absolute atomic E-state index is 0.0151. The molecule has 7 heteroatoms. The van der Waals surface area contributed by atoms with E-state index >= 15 is 0 Å². The molecule has 3 heterocycles. The largest absolute Gasteiger partial charge is 0.360 e. The maximum absolute atomic E-state index is 12.3. The summed E-state index contributed by atoms with van der Waals surface area (Å²) in [6.45, 7) is 3.00. The zero-order chi connectivity index (χ0) is 16.5. The second-order valence-corrected chi connectivity index (χ2v) is 6.31. The summed E-state index contributed by atoms with van der Waals surface area (Å²) in [5.41, 5.74) is 8.34. The van der Waals surface area contributed by atoms with E-state index in [-0.39, 0.29) is 11.7 Å². The van der Waals surface area contributed by atoms with Crippen LogP contribution in [0.15, 0.2) is 39.6 Å². The van der Waals surface area contributed by atoms with Crippen LogP contribution in [0.25, 0.3) is 11.0 Å². The zero-order valence-corrected chi connectivity index (χ0v) is 13.4. The number of nitrogens with one attached hydrogen (secondary N) is 1. The van der Waals surface area contributed by atoms with Crippen molar-refractivity contribution in [1.29, 1.82) is 0 Å². The number of imidazole rings is 1. The lowest BCUT2D eigenvalue weighted by atomic mass is 10.0. The second kappa shape index (κ2) is 6.26. The number of aromatic amines is 1. The molecule has 0 amide bonds. The first-order chi connectivity index (χ1) is 11.7. The number of aromatic nitrogens is 3. The molecule has 1 aliphatic heterocycles. The summed E-state index contributed by atoms with van der Waals surface area (Å²) in [6, 6.07) is 10.0. The molecule has 0 spiro atoms. The Balaban J connectivity index is 1.45. The van der Waals surface area contributed by atoms with Gasteiger partial charge in [-0.2, -0.15) is 0 Å². The molecule has 0 radical (unpaired) electrons. The maximum Gasteiger partial charge on any atom is 0.326 e. The molecule has 2 aromatic heterocycles. The summed E-state index contributed by atoms with van der Waals surface area (Å²) >= 11 is 0. The molecule has 0 unspecified atom stereocenters. The van der Waals surface area contributed by atoms with Crippen LogP contribution in [-0.4, -0.2) is 32.7 Å². The van der Waals surface area contributed by atoms with Gasteiger partial charge in [0.2, 0.25) is 0 Å². The minimum atomic E-state index is -0.0151. The Morgan fingerprint density at radius 1 is 1.29 bits per heavy atom. The average Bonchev–Trinajstić information content (AvgIpc) is 3.19. The van der Waals surface area contributed by atoms with E-state index in [0.29, 0.717) is 12.3 Å². The number of hydrogen-bond acceptors (Lipinski definition) is 5. The molecule has 0 aliphatic carbocycles. The molecular formula is C17H21N5O2. The molecule has 24 heavy (non-hydrogen) atoms. The monoisotopic (exact) mass is 327 g/mol. The standard InChI is InChI=1S/C17H21N5O2/c18-10-14-9-12(20-24-14)11-21-7-5-13(6-8-21)22-16-4-2-1-3-15(16)19-17(22)23/h1-4,9,13H,5-8,10-11,18H2,(H,19,23). The lowest BCUT2D eigenvalue weighted by Crippen LogP contribution is -2.36. The van der Waals surface area contributed by atoms with Gasteiger partial charge in [-0.3, -0.25) is 9.47 Å². The summed E-state index contributed by atoms with van der Waals surface area (Å²) < 4.78 is 7.06. The second-order valence-electron chi connectivity index (χ2n) is 6.31. The fourth-order valence-electron chi connectivity index (χ4n) is 3.53. The van der Waals surface area contributed by atoms with Gasteiger partial charge in [-0.1, -0.05) is 17.3 Å². The van der Waals surface area contributed by atoms with Crippen LogP contribution in [0.2, 0.25) is 0 Å². The first kappa shape index (κ1) is 15.2. The number of likely N-dealkylation sites (tertiary alicyclic amines) is 1. The van der Waals surface area contributed by atoms with Crippen molar-refractivity contribution >= 4 is 11.0 Å². The van der Waals surface area contributed by atoms with Gasteiger partial charge in [-0.05, 0) is 25.0 Å². The number of para-hydroxylation sites is 2. The smallest absolute Gasteiger partial charge is 0.326 e. The predicted molar refractivity (Wildman–Crippen MR) is 90.5 cm³/mol. The van der Waals surface area contributed by atoms with Crippen LogP contribution in [0.5, 0.6) is 0 Å². The van der Waals surface area contributed by atoms with Gasteiger partial charge < -0.3 is 15.2 Å². The SMILES string of the molecule is NCc1cc(CN2CCC(n3c(=O)[nH]c4ccccc43)CC2)no1. The normalized spacial score (nSPS) is 16.9. The Bertz CT molecular complexity index is 886. The minimum Gasteiger partial charge on any atom is -0.360 e. The molecule has 3 aromatic rings. The zero-order valence-electron chi connectivity index (χ0n) is 13.4. The maximum atomic E-state index is 12.3. The van der Waals surface area contributed by atoms with Crippen molar-refractivity contribution in [3.8, 4) is 0 Å². The summed E-state index contributed by atoms with van der Waals surface area (Å²) in [5.74, 6) is 0.713. The van der Waals surface area contributed by atoms with E-state index in [2.05, 4.69) is 15.0 Å². The van der Waals surface area contributed by atoms with Gasteiger partial charge in [-0.15, -0.1) is 0 Å². The molecule has 1 aromatic carbocycles. The van der Waals surface area contributed by atoms with E-state index in [1.807, 2.05) is 34.9 Å². The Morgan fingerprint density at radius 2 is 2.08 bits per heavy atom. The first-order valence-electron chi connectivity index (χ1n) is 8.31. The fourth-order valence-corrected chi connectivity index (χ4v) is 3.53. The quantitative estimate of drug-likeness (QED) is 0.759. The van der Waals surface area contributed by atoms with E-state index in [1.165, 1.54) is 0 Å². The molecule has 1 fully saturated rings. The Morgan fingerprint density at radius 3 is 2.83 bits per heavy atom. The summed E-state index contributed by atoms with van der Waals surface area (Å²) in [4.78, 5) is 17.6. The summed E-state index contributed by atoms with van der Waals surface area (Å²) in [7, 11) is 0. The summed E-state index contributed by atoms with van der Waals surface area (Å²) in [5, 5.41) is 4.05. The van der Waals surface area contributed by atoms with Gasteiger partial charge in [0.25, 0.3) is 0 Å². The van der Waals surface area contributed by atoms with Crippen LogP contribution in [0.4, 0.5) is 0 Å². The van der Waals surface area contributed by atoms with Crippen molar-refractivity contribution in [2.24, 2.45) is 5.73 Å². The molecule has 0 atom stereocenters. The highest BCUT2D eigenvalue weighted by Gasteiger charge is 2.24. The molecule has 3 N–H and O–H groups in total. The van der Waals surface area contributed by atoms with Crippen molar-refractivity contribution in [2.75, 3.05) is 13.1 Å². The molecule has 126 valence electrons. The van der Waals surface area contributed by atoms with Crippen molar-refractivity contribution in [3.63, 3.8) is 0 Å². The van der Waals surface area contributed by atoms with Crippen LogP contribution >= 0.6 is 0 Å². The van der Waals surface area contributed by atoms with Crippen LogP contribution in [0, 0.1) is 0 Å². The number of piperidine rings is 1. The molecule has 0 saturated carbocycles. The van der Waals surface area contributed by atoms with E-state index in [1.54, 1.807) is 0 Å². The predicted octanol–water partition coefficient (Wildman–Crippen LogP) is 1.61. The van der Waals surface area contributed by atoms with Crippen molar-refractivity contribution in [2.45, 2.75) is 32.0 Å². The Kier molecular flexibility index (Phi) is 3.95. The van der Waals surface area contributed by atoms with E-state index in [4.69, 9.17) is 10.3 Å². The number of nitrogens with zero attached hydrogens (tertiary/aromatic N) is 3.